The smallest absolute Gasteiger partial charge is 0.125 e. The zero-order valence-electron chi connectivity index (χ0n) is 5.63. The molecule has 1 aliphatic heterocycles. The highest BCUT2D eigenvalue weighted by Crippen LogP contribution is 2.19. The number of aliphatic hydroxyl groups is 1. The van der Waals surface area contributed by atoms with Crippen LogP contribution in [0.15, 0.2) is 11.8 Å². The van der Waals surface area contributed by atoms with Gasteiger partial charge in [0.2, 0.25) is 0 Å². The Morgan fingerprint density at radius 1 is 1.89 bits per heavy atom. The molecule has 9 heavy (non-hydrogen) atoms. The van der Waals surface area contributed by atoms with E-state index in [4.69, 9.17) is 9.84 Å². The Morgan fingerprint density at radius 2 is 2.67 bits per heavy atom. The van der Waals surface area contributed by atoms with Gasteiger partial charge in [0, 0.05) is 6.42 Å². The number of ether oxygens (including phenoxy) is 1. The van der Waals surface area contributed by atoms with E-state index in [-0.39, 0.29) is 12.7 Å². The summed E-state index contributed by atoms with van der Waals surface area (Å²) in [5.41, 5.74) is 1.30. The molecule has 1 aliphatic rings. The second-order valence-electron chi connectivity index (χ2n) is 2.27. The molecule has 0 aromatic heterocycles. The summed E-state index contributed by atoms with van der Waals surface area (Å²) >= 11 is 0. The first-order valence-electron chi connectivity index (χ1n) is 3.31. The molecular formula is C7H12O2. The highest BCUT2D eigenvalue weighted by Gasteiger charge is 2.15. The van der Waals surface area contributed by atoms with Gasteiger partial charge in [0.05, 0.1) is 12.9 Å². The Morgan fingerprint density at radius 3 is 3.00 bits per heavy atom. The second-order valence-corrected chi connectivity index (χ2v) is 2.27. The van der Waals surface area contributed by atoms with Gasteiger partial charge in [0.15, 0.2) is 0 Å². The lowest BCUT2D eigenvalue weighted by Crippen LogP contribution is -2.09. The number of aliphatic hydroxyl groups excluding tert-OH is 1. The van der Waals surface area contributed by atoms with E-state index in [0.29, 0.717) is 0 Å². The predicted octanol–water partition coefficient (Wildman–Crippen LogP) is 1.06. The third-order valence-electron chi connectivity index (χ3n) is 1.57. The van der Waals surface area contributed by atoms with Gasteiger partial charge in [-0.1, -0.05) is 6.92 Å². The quantitative estimate of drug-likeness (QED) is 0.602. The van der Waals surface area contributed by atoms with Crippen molar-refractivity contribution < 1.29 is 9.84 Å². The molecule has 0 spiro atoms. The van der Waals surface area contributed by atoms with Crippen LogP contribution in [0.25, 0.3) is 0 Å². The SMILES string of the molecule is CCC1=CO[C@H](CO)C1. The molecule has 0 saturated carbocycles. The first kappa shape index (κ1) is 6.62. The maximum absolute atomic E-state index is 8.62. The molecule has 0 radical (unpaired) electrons. The molecule has 2 heteroatoms. The van der Waals surface area contributed by atoms with Crippen molar-refractivity contribution in [2.45, 2.75) is 25.9 Å². The summed E-state index contributed by atoms with van der Waals surface area (Å²) in [7, 11) is 0. The van der Waals surface area contributed by atoms with Gasteiger partial charge in [-0.15, -0.1) is 0 Å². The zero-order chi connectivity index (χ0) is 6.69. The van der Waals surface area contributed by atoms with E-state index in [1.807, 2.05) is 0 Å². The largest absolute Gasteiger partial charge is 0.495 e. The van der Waals surface area contributed by atoms with Gasteiger partial charge < -0.3 is 9.84 Å². The van der Waals surface area contributed by atoms with Crippen molar-refractivity contribution in [3.63, 3.8) is 0 Å². The molecule has 1 rings (SSSR count). The Kier molecular flexibility index (Phi) is 2.11. The van der Waals surface area contributed by atoms with E-state index in [1.165, 1.54) is 5.57 Å². The highest BCUT2D eigenvalue weighted by atomic mass is 16.5. The van der Waals surface area contributed by atoms with Crippen molar-refractivity contribution in [2.75, 3.05) is 6.61 Å². The normalized spacial score (nSPS) is 25.6. The van der Waals surface area contributed by atoms with Crippen molar-refractivity contribution in [3.8, 4) is 0 Å². The van der Waals surface area contributed by atoms with Crippen LogP contribution in [0.1, 0.15) is 19.8 Å². The fourth-order valence-electron chi connectivity index (χ4n) is 0.916. The van der Waals surface area contributed by atoms with E-state index < -0.39 is 0 Å². The van der Waals surface area contributed by atoms with E-state index in [1.54, 1.807) is 6.26 Å². The van der Waals surface area contributed by atoms with Crippen LogP contribution in [-0.2, 0) is 4.74 Å². The summed E-state index contributed by atoms with van der Waals surface area (Å²) in [6.45, 7) is 2.23. The topological polar surface area (TPSA) is 29.5 Å². The second kappa shape index (κ2) is 2.87. The summed E-state index contributed by atoms with van der Waals surface area (Å²) in [4.78, 5) is 0. The molecule has 1 atom stereocenters. The van der Waals surface area contributed by atoms with E-state index in [2.05, 4.69) is 6.92 Å². The average Bonchev–Trinajstić information content (AvgIpc) is 2.34. The van der Waals surface area contributed by atoms with Crippen molar-refractivity contribution in [3.05, 3.63) is 11.8 Å². The molecule has 1 N–H and O–H groups in total. The summed E-state index contributed by atoms with van der Waals surface area (Å²) in [5, 5.41) is 8.62. The fraction of sp³-hybridized carbons (Fsp3) is 0.714. The Bertz CT molecular complexity index is 118. The molecule has 0 fully saturated rings. The van der Waals surface area contributed by atoms with Crippen LogP contribution < -0.4 is 0 Å². The van der Waals surface area contributed by atoms with Gasteiger partial charge in [-0.3, -0.25) is 0 Å². The van der Waals surface area contributed by atoms with Crippen molar-refractivity contribution in [2.24, 2.45) is 0 Å². The molecular weight excluding hydrogens is 116 g/mol. The van der Waals surface area contributed by atoms with Crippen LogP contribution in [0.3, 0.4) is 0 Å². The van der Waals surface area contributed by atoms with Crippen molar-refractivity contribution >= 4 is 0 Å². The molecule has 0 saturated heterocycles. The van der Waals surface area contributed by atoms with Gasteiger partial charge in [-0.2, -0.15) is 0 Å². The first-order chi connectivity index (χ1) is 4.36. The minimum absolute atomic E-state index is 0.0416. The zero-order valence-corrected chi connectivity index (χ0v) is 5.63. The summed E-state index contributed by atoms with van der Waals surface area (Å²) < 4.78 is 5.09. The van der Waals surface area contributed by atoms with Crippen molar-refractivity contribution in [1.82, 2.24) is 0 Å². The Labute approximate surface area is 55.1 Å². The molecule has 0 aliphatic carbocycles. The van der Waals surface area contributed by atoms with Crippen LogP contribution in [0, 0.1) is 0 Å². The molecule has 0 amide bonds. The first-order valence-corrected chi connectivity index (χ1v) is 3.31. The molecule has 0 unspecified atom stereocenters. The maximum atomic E-state index is 8.62. The maximum Gasteiger partial charge on any atom is 0.125 e. The third-order valence-corrected chi connectivity index (χ3v) is 1.57. The Balaban J connectivity index is 2.31. The molecule has 2 nitrogen and oxygen atoms in total. The predicted molar refractivity (Wildman–Crippen MR) is 34.9 cm³/mol. The van der Waals surface area contributed by atoms with Gasteiger partial charge in [0.1, 0.15) is 6.10 Å². The number of rotatable bonds is 2. The average molecular weight is 128 g/mol. The van der Waals surface area contributed by atoms with Gasteiger partial charge in [-0.25, -0.2) is 0 Å². The summed E-state index contributed by atoms with van der Waals surface area (Å²) in [6.07, 6.45) is 3.75. The van der Waals surface area contributed by atoms with Crippen molar-refractivity contribution in [1.29, 1.82) is 0 Å². The lowest BCUT2D eigenvalue weighted by Gasteiger charge is -2.03. The van der Waals surface area contributed by atoms with Crippen LogP contribution >= 0.6 is 0 Å². The highest BCUT2D eigenvalue weighted by molar-refractivity contribution is 5.04. The number of hydrogen-bond acceptors (Lipinski definition) is 2. The van der Waals surface area contributed by atoms with Crippen LogP contribution in [0.4, 0.5) is 0 Å². The monoisotopic (exact) mass is 128 g/mol. The van der Waals surface area contributed by atoms with Gasteiger partial charge >= 0.3 is 0 Å². The van der Waals surface area contributed by atoms with Gasteiger partial charge in [-0.05, 0) is 12.0 Å². The fourth-order valence-corrected chi connectivity index (χ4v) is 0.916. The minimum atomic E-state index is 0.0416. The molecule has 52 valence electrons. The molecule has 0 bridgehead atoms. The van der Waals surface area contributed by atoms with Crippen LogP contribution in [-0.4, -0.2) is 17.8 Å². The van der Waals surface area contributed by atoms with Gasteiger partial charge in [0.25, 0.3) is 0 Å². The molecule has 0 aromatic rings. The standard InChI is InChI=1S/C7H12O2/c1-2-6-3-7(4-8)9-5-6/h5,7-8H,2-4H2,1H3/t7-/m0/s1. The lowest BCUT2D eigenvalue weighted by atomic mass is 10.1. The summed E-state index contributed by atoms with van der Waals surface area (Å²) in [6, 6.07) is 0. The Hall–Kier alpha value is -0.500. The summed E-state index contributed by atoms with van der Waals surface area (Å²) in [5.74, 6) is 0. The van der Waals surface area contributed by atoms with E-state index in [0.717, 1.165) is 12.8 Å². The molecule has 0 aromatic carbocycles. The van der Waals surface area contributed by atoms with E-state index >= 15 is 0 Å². The number of hydrogen-bond donors (Lipinski definition) is 1. The molecule has 1 heterocycles. The minimum Gasteiger partial charge on any atom is -0.495 e. The van der Waals surface area contributed by atoms with E-state index in [9.17, 15) is 0 Å². The van der Waals surface area contributed by atoms with Crippen LogP contribution in [0.2, 0.25) is 0 Å². The lowest BCUT2D eigenvalue weighted by molar-refractivity contribution is 0.0962. The third kappa shape index (κ3) is 1.45. The van der Waals surface area contributed by atoms with Crippen LogP contribution in [0.5, 0.6) is 0 Å².